The largest absolute Gasteiger partial charge is 0.419 e. The van der Waals surface area contributed by atoms with Gasteiger partial charge in [-0.25, -0.2) is 17.7 Å². The topological polar surface area (TPSA) is 97.4 Å². The van der Waals surface area contributed by atoms with Crippen LogP contribution >= 0.6 is 11.3 Å². The molecule has 176 valence electrons. The van der Waals surface area contributed by atoms with Crippen molar-refractivity contribution in [2.45, 2.75) is 44.8 Å². The number of rotatable bonds is 10. The molecule has 0 radical (unpaired) electrons. The first-order valence-electron chi connectivity index (χ1n) is 10.8. The molecular formula is C22H28N6O3S2. The van der Waals surface area contributed by atoms with Crippen LogP contribution in [0.1, 0.15) is 32.0 Å². The molecule has 0 saturated carbocycles. The van der Waals surface area contributed by atoms with Crippen LogP contribution in [0.4, 0.5) is 0 Å². The molecule has 0 atom stereocenters. The average Bonchev–Trinajstić information content (AvgIpc) is 3.52. The standard InChI is InChI=1S/C22H28N6O3S2/c1-5-11-27(15-21-24-25-22(31-21)19-8-7-12-32-19)14-20-23-17-13-16(33(29,30)26(3)4)9-10-18(17)28(20)6-2/h7-10,12-13H,5-6,11,14-15H2,1-4H3. The summed E-state index contributed by atoms with van der Waals surface area (Å²) >= 11 is 1.56. The highest BCUT2D eigenvalue weighted by molar-refractivity contribution is 7.89. The first-order valence-corrected chi connectivity index (χ1v) is 13.2. The molecule has 0 aliphatic rings. The summed E-state index contributed by atoms with van der Waals surface area (Å²) in [5.74, 6) is 1.97. The number of nitrogens with zero attached hydrogens (tertiary/aromatic N) is 6. The number of sulfonamides is 1. The van der Waals surface area contributed by atoms with Gasteiger partial charge in [-0.15, -0.1) is 21.5 Å². The summed E-state index contributed by atoms with van der Waals surface area (Å²) in [6.45, 7) is 6.85. The van der Waals surface area contributed by atoms with E-state index in [1.54, 1.807) is 23.5 Å². The molecule has 0 fully saturated rings. The van der Waals surface area contributed by atoms with E-state index in [9.17, 15) is 8.42 Å². The van der Waals surface area contributed by atoms with E-state index in [4.69, 9.17) is 9.40 Å². The smallest absolute Gasteiger partial charge is 0.257 e. The van der Waals surface area contributed by atoms with Crippen LogP contribution in [-0.2, 0) is 29.7 Å². The third-order valence-electron chi connectivity index (χ3n) is 5.36. The lowest BCUT2D eigenvalue weighted by atomic mass is 10.3. The van der Waals surface area contributed by atoms with Crippen LogP contribution in [0, 0.1) is 0 Å². The third kappa shape index (κ3) is 4.86. The zero-order valence-corrected chi connectivity index (χ0v) is 20.9. The summed E-state index contributed by atoms with van der Waals surface area (Å²) in [5.41, 5.74) is 1.59. The van der Waals surface area contributed by atoms with Crippen molar-refractivity contribution in [1.29, 1.82) is 0 Å². The van der Waals surface area contributed by atoms with Crippen LogP contribution in [0.2, 0.25) is 0 Å². The summed E-state index contributed by atoms with van der Waals surface area (Å²) in [5, 5.41) is 10.4. The number of aromatic nitrogens is 4. The fourth-order valence-electron chi connectivity index (χ4n) is 3.74. The molecule has 0 unspecified atom stereocenters. The van der Waals surface area contributed by atoms with Crippen molar-refractivity contribution in [2.75, 3.05) is 20.6 Å². The molecule has 0 saturated heterocycles. The van der Waals surface area contributed by atoms with Crippen molar-refractivity contribution in [3.8, 4) is 10.8 Å². The van der Waals surface area contributed by atoms with Crippen LogP contribution in [-0.4, -0.2) is 58.0 Å². The van der Waals surface area contributed by atoms with Crippen molar-refractivity contribution < 1.29 is 12.8 Å². The van der Waals surface area contributed by atoms with E-state index < -0.39 is 10.0 Å². The number of thiophene rings is 1. The summed E-state index contributed by atoms with van der Waals surface area (Å²) in [6, 6.07) is 9.04. The summed E-state index contributed by atoms with van der Waals surface area (Å²) < 4.78 is 34.3. The Kier molecular flexibility index (Phi) is 6.94. The van der Waals surface area contributed by atoms with E-state index in [0.29, 0.717) is 30.4 Å². The molecule has 0 bridgehead atoms. The van der Waals surface area contributed by atoms with Gasteiger partial charge in [-0.05, 0) is 49.5 Å². The fourth-order valence-corrected chi connectivity index (χ4v) is 5.31. The van der Waals surface area contributed by atoms with Gasteiger partial charge in [0.15, 0.2) is 0 Å². The summed E-state index contributed by atoms with van der Waals surface area (Å²) in [6.07, 6.45) is 0.962. The molecule has 3 heterocycles. The molecule has 0 N–H and O–H groups in total. The maximum Gasteiger partial charge on any atom is 0.257 e. The Labute approximate surface area is 197 Å². The van der Waals surface area contributed by atoms with Gasteiger partial charge in [-0.3, -0.25) is 4.90 Å². The Hall–Kier alpha value is -2.60. The van der Waals surface area contributed by atoms with Gasteiger partial charge in [-0.2, -0.15) is 0 Å². The molecule has 0 aliphatic heterocycles. The SMILES string of the molecule is CCCN(Cc1nnc(-c2cccs2)o1)Cc1nc2cc(S(=O)(=O)N(C)C)ccc2n1CC. The Morgan fingerprint density at radius 1 is 1.12 bits per heavy atom. The van der Waals surface area contributed by atoms with Crippen molar-refractivity contribution in [3.63, 3.8) is 0 Å². The van der Waals surface area contributed by atoms with E-state index in [1.165, 1.54) is 18.4 Å². The minimum atomic E-state index is -3.52. The molecule has 4 aromatic rings. The quantitative estimate of drug-likeness (QED) is 0.335. The number of aryl methyl sites for hydroxylation is 1. The Bertz CT molecular complexity index is 1330. The maximum absolute atomic E-state index is 12.6. The van der Waals surface area contributed by atoms with Gasteiger partial charge < -0.3 is 8.98 Å². The second-order valence-corrected chi connectivity index (χ2v) is 11.0. The van der Waals surface area contributed by atoms with Gasteiger partial charge in [0.2, 0.25) is 15.9 Å². The van der Waals surface area contributed by atoms with Gasteiger partial charge in [0, 0.05) is 20.6 Å². The average molecular weight is 489 g/mol. The first kappa shape index (κ1) is 23.6. The second kappa shape index (κ2) is 9.72. The molecule has 9 nitrogen and oxygen atoms in total. The molecule has 1 aromatic carbocycles. The highest BCUT2D eigenvalue weighted by Gasteiger charge is 2.21. The first-order chi connectivity index (χ1) is 15.8. The predicted molar refractivity (Wildman–Crippen MR) is 128 cm³/mol. The number of imidazole rings is 1. The number of benzene rings is 1. The van der Waals surface area contributed by atoms with Crippen molar-refractivity contribution in [1.82, 2.24) is 29.0 Å². The minimum Gasteiger partial charge on any atom is -0.419 e. The normalized spacial score (nSPS) is 12.4. The maximum atomic E-state index is 12.6. The van der Waals surface area contributed by atoms with Gasteiger partial charge >= 0.3 is 0 Å². The predicted octanol–water partition coefficient (Wildman–Crippen LogP) is 3.83. The van der Waals surface area contributed by atoms with E-state index >= 15 is 0 Å². The Balaban J connectivity index is 1.61. The zero-order valence-electron chi connectivity index (χ0n) is 19.2. The summed E-state index contributed by atoms with van der Waals surface area (Å²) in [4.78, 5) is 8.21. The number of hydrogen-bond donors (Lipinski definition) is 0. The lowest BCUT2D eigenvalue weighted by molar-refractivity contribution is 0.224. The third-order valence-corrected chi connectivity index (χ3v) is 8.03. The van der Waals surface area contributed by atoms with Gasteiger partial charge in [-0.1, -0.05) is 13.0 Å². The zero-order chi connectivity index (χ0) is 23.6. The van der Waals surface area contributed by atoms with Gasteiger partial charge in [0.05, 0.1) is 33.9 Å². The van der Waals surface area contributed by atoms with Crippen molar-refractivity contribution in [3.05, 3.63) is 47.4 Å². The lowest BCUT2D eigenvalue weighted by Crippen LogP contribution is -2.25. The Morgan fingerprint density at radius 3 is 2.61 bits per heavy atom. The molecule has 11 heteroatoms. The van der Waals surface area contributed by atoms with E-state index in [2.05, 4.69) is 33.5 Å². The van der Waals surface area contributed by atoms with E-state index in [0.717, 1.165) is 35.7 Å². The van der Waals surface area contributed by atoms with Gasteiger partial charge in [0.1, 0.15) is 5.82 Å². The molecule has 0 amide bonds. The van der Waals surface area contributed by atoms with Crippen molar-refractivity contribution >= 4 is 32.4 Å². The molecule has 33 heavy (non-hydrogen) atoms. The van der Waals surface area contributed by atoms with E-state index in [1.807, 2.05) is 23.6 Å². The lowest BCUT2D eigenvalue weighted by Gasteiger charge is -2.19. The second-order valence-electron chi connectivity index (χ2n) is 7.90. The molecule has 4 rings (SSSR count). The number of hydrogen-bond acceptors (Lipinski definition) is 8. The Morgan fingerprint density at radius 2 is 1.94 bits per heavy atom. The van der Waals surface area contributed by atoms with Crippen LogP contribution in [0.3, 0.4) is 0 Å². The van der Waals surface area contributed by atoms with Gasteiger partial charge in [0.25, 0.3) is 5.89 Å². The molecular weight excluding hydrogens is 460 g/mol. The monoisotopic (exact) mass is 488 g/mol. The number of fused-ring (bicyclic) bond motifs is 1. The minimum absolute atomic E-state index is 0.240. The molecule has 3 aromatic heterocycles. The van der Waals surface area contributed by atoms with Crippen LogP contribution in [0.15, 0.2) is 45.0 Å². The van der Waals surface area contributed by atoms with E-state index in [-0.39, 0.29) is 4.90 Å². The van der Waals surface area contributed by atoms with Crippen LogP contribution < -0.4 is 0 Å². The fraction of sp³-hybridized carbons (Fsp3) is 0.409. The summed E-state index contributed by atoms with van der Waals surface area (Å²) in [7, 11) is -0.466. The highest BCUT2D eigenvalue weighted by atomic mass is 32.2. The van der Waals surface area contributed by atoms with Crippen molar-refractivity contribution in [2.24, 2.45) is 0 Å². The van der Waals surface area contributed by atoms with Crippen LogP contribution in [0.5, 0.6) is 0 Å². The molecule has 0 aliphatic carbocycles. The highest BCUT2D eigenvalue weighted by Crippen LogP contribution is 2.25. The molecule has 0 spiro atoms. The van der Waals surface area contributed by atoms with Crippen LogP contribution in [0.25, 0.3) is 21.8 Å².